The zero-order chi connectivity index (χ0) is 22.6. The van der Waals surface area contributed by atoms with Crippen LogP contribution in [-0.4, -0.2) is 51.6 Å². The monoisotopic (exact) mass is 451 g/mol. The largest absolute Gasteiger partial charge is 0.493 e. The highest BCUT2D eigenvalue weighted by Gasteiger charge is 2.22. The van der Waals surface area contributed by atoms with Crippen LogP contribution in [0.4, 0.5) is 10.4 Å². The van der Waals surface area contributed by atoms with Crippen LogP contribution in [0.3, 0.4) is 0 Å². The molecule has 0 spiro atoms. The predicted octanol–water partition coefficient (Wildman–Crippen LogP) is 2.31. The van der Waals surface area contributed by atoms with Crippen LogP contribution >= 0.6 is 0 Å². The van der Waals surface area contributed by atoms with Gasteiger partial charge in [0.15, 0.2) is 21.3 Å². The fourth-order valence-electron chi connectivity index (χ4n) is 2.65. The van der Waals surface area contributed by atoms with Crippen LogP contribution in [0.5, 0.6) is 17.2 Å². The van der Waals surface area contributed by atoms with Crippen LogP contribution in [0.2, 0.25) is 0 Å². The Kier molecular flexibility index (Phi) is 6.39. The summed E-state index contributed by atoms with van der Waals surface area (Å²) in [5, 5.41) is 9.76. The molecule has 1 heterocycles. The number of rotatable bonds is 8. The summed E-state index contributed by atoms with van der Waals surface area (Å²) in [6, 6.07) is 6.97. The summed E-state index contributed by atoms with van der Waals surface area (Å²) >= 11 is 0. The van der Waals surface area contributed by atoms with Gasteiger partial charge < -0.3 is 18.6 Å². The van der Waals surface area contributed by atoms with E-state index in [4.69, 9.17) is 18.6 Å². The van der Waals surface area contributed by atoms with E-state index in [0.29, 0.717) is 22.8 Å². The number of carbonyl (C=O) groups excluding carboxylic acids is 1. The second-order valence-electron chi connectivity index (χ2n) is 6.09. The van der Waals surface area contributed by atoms with Gasteiger partial charge in [-0.3, -0.25) is 10.1 Å². The molecule has 12 heteroatoms. The van der Waals surface area contributed by atoms with Crippen molar-refractivity contribution in [2.75, 3.05) is 32.4 Å². The smallest absolute Gasteiger partial charge is 0.322 e. The quantitative estimate of drug-likeness (QED) is 0.513. The van der Waals surface area contributed by atoms with Gasteiger partial charge in [-0.05, 0) is 36.4 Å². The van der Waals surface area contributed by atoms with Crippen molar-refractivity contribution in [1.29, 1.82) is 0 Å². The summed E-state index contributed by atoms with van der Waals surface area (Å²) in [6.45, 7) is 0. The summed E-state index contributed by atoms with van der Waals surface area (Å²) < 4.78 is 58.7. The summed E-state index contributed by atoms with van der Waals surface area (Å²) in [4.78, 5) is 12.0. The lowest BCUT2D eigenvalue weighted by Crippen LogP contribution is -2.23. The van der Waals surface area contributed by atoms with E-state index in [2.05, 4.69) is 15.5 Å². The number of anilines is 1. The Morgan fingerprint density at radius 1 is 1.03 bits per heavy atom. The van der Waals surface area contributed by atoms with Gasteiger partial charge in [0.1, 0.15) is 11.6 Å². The molecule has 0 aliphatic rings. The maximum atomic E-state index is 13.0. The number of hydrogen-bond donors (Lipinski definition) is 1. The number of methoxy groups -OCH3 is 3. The van der Waals surface area contributed by atoms with Crippen molar-refractivity contribution in [2.24, 2.45) is 0 Å². The summed E-state index contributed by atoms with van der Waals surface area (Å²) in [7, 11) is 0.369. The highest BCUT2D eigenvalue weighted by atomic mass is 32.2. The average Bonchev–Trinajstić information content (AvgIpc) is 3.20. The van der Waals surface area contributed by atoms with Crippen molar-refractivity contribution in [2.45, 2.75) is 4.90 Å². The van der Waals surface area contributed by atoms with Crippen LogP contribution < -0.4 is 19.5 Å². The second kappa shape index (κ2) is 9.00. The molecule has 3 rings (SSSR count). The van der Waals surface area contributed by atoms with Gasteiger partial charge in [-0.2, -0.15) is 0 Å². The molecule has 0 unspecified atom stereocenters. The number of nitrogens with zero attached hydrogens (tertiary/aromatic N) is 2. The number of carbonyl (C=O) groups is 1. The molecular formula is C19H18FN3O7S. The molecule has 3 aromatic rings. The molecular weight excluding hydrogens is 433 g/mol. The van der Waals surface area contributed by atoms with Gasteiger partial charge in [0.25, 0.3) is 0 Å². The number of amides is 1. The van der Waals surface area contributed by atoms with Crippen molar-refractivity contribution >= 4 is 21.8 Å². The molecule has 0 fully saturated rings. The zero-order valence-electron chi connectivity index (χ0n) is 16.7. The van der Waals surface area contributed by atoms with E-state index in [9.17, 15) is 17.6 Å². The van der Waals surface area contributed by atoms with E-state index in [1.165, 1.54) is 21.3 Å². The van der Waals surface area contributed by atoms with E-state index >= 15 is 0 Å². The molecule has 0 radical (unpaired) electrons. The predicted molar refractivity (Wildman–Crippen MR) is 106 cm³/mol. The highest BCUT2D eigenvalue weighted by Crippen LogP contribution is 2.41. The minimum atomic E-state index is -3.98. The first-order chi connectivity index (χ1) is 14.8. The first kappa shape index (κ1) is 22.0. The first-order valence-electron chi connectivity index (χ1n) is 8.69. The minimum absolute atomic E-state index is 0.0240. The fraction of sp³-hybridized carbons (Fsp3) is 0.211. The lowest BCUT2D eigenvalue weighted by Gasteiger charge is -2.12. The number of benzene rings is 2. The number of sulfone groups is 1. The Morgan fingerprint density at radius 2 is 1.65 bits per heavy atom. The van der Waals surface area contributed by atoms with Crippen molar-refractivity contribution in [3.05, 3.63) is 42.2 Å². The maximum Gasteiger partial charge on any atom is 0.322 e. The van der Waals surface area contributed by atoms with E-state index in [1.54, 1.807) is 12.1 Å². The number of ether oxygens (including phenoxy) is 3. The lowest BCUT2D eigenvalue weighted by atomic mass is 10.2. The third-order valence-corrected chi connectivity index (χ3v) is 5.71. The second-order valence-corrected chi connectivity index (χ2v) is 8.08. The van der Waals surface area contributed by atoms with Crippen LogP contribution in [0, 0.1) is 5.82 Å². The van der Waals surface area contributed by atoms with E-state index < -0.39 is 27.3 Å². The van der Waals surface area contributed by atoms with Crippen molar-refractivity contribution < 1.29 is 36.2 Å². The van der Waals surface area contributed by atoms with Gasteiger partial charge in [-0.25, -0.2) is 12.8 Å². The Hall–Kier alpha value is -3.67. The Balaban J connectivity index is 1.77. The van der Waals surface area contributed by atoms with Gasteiger partial charge >= 0.3 is 6.01 Å². The van der Waals surface area contributed by atoms with Crippen molar-refractivity contribution in [1.82, 2.24) is 10.2 Å². The number of nitrogens with one attached hydrogen (secondary N) is 1. The van der Waals surface area contributed by atoms with Gasteiger partial charge in [0, 0.05) is 5.56 Å². The third kappa shape index (κ3) is 4.91. The molecule has 164 valence electrons. The molecule has 0 aliphatic carbocycles. The van der Waals surface area contributed by atoms with Crippen LogP contribution in [0.25, 0.3) is 11.5 Å². The molecule has 0 bridgehead atoms. The first-order valence-corrected chi connectivity index (χ1v) is 10.3. The lowest BCUT2D eigenvalue weighted by molar-refractivity contribution is -0.114. The summed E-state index contributed by atoms with van der Waals surface area (Å²) in [5.74, 6) is -1.28. The maximum absolute atomic E-state index is 13.0. The highest BCUT2D eigenvalue weighted by molar-refractivity contribution is 7.92. The van der Waals surface area contributed by atoms with Crippen molar-refractivity contribution in [3.63, 3.8) is 0 Å². The molecule has 31 heavy (non-hydrogen) atoms. The van der Waals surface area contributed by atoms with Gasteiger partial charge in [0.2, 0.25) is 17.5 Å². The van der Waals surface area contributed by atoms with Crippen LogP contribution in [-0.2, 0) is 14.6 Å². The van der Waals surface area contributed by atoms with Gasteiger partial charge in [0.05, 0.1) is 26.2 Å². The normalized spacial score (nSPS) is 11.1. The number of hydrogen-bond acceptors (Lipinski definition) is 9. The third-order valence-electron chi connectivity index (χ3n) is 4.08. The molecule has 1 aromatic heterocycles. The Bertz CT molecular complexity index is 1170. The molecule has 1 amide bonds. The Labute approximate surface area is 176 Å². The topological polar surface area (TPSA) is 130 Å². The molecule has 0 aliphatic heterocycles. The van der Waals surface area contributed by atoms with Crippen molar-refractivity contribution in [3.8, 4) is 28.7 Å². The summed E-state index contributed by atoms with van der Waals surface area (Å²) in [6.07, 6.45) is 0. The fourth-order valence-corrected chi connectivity index (χ4v) is 3.78. The molecule has 0 saturated carbocycles. The minimum Gasteiger partial charge on any atom is -0.493 e. The molecule has 10 nitrogen and oxygen atoms in total. The van der Waals surface area contributed by atoms with Gasteiger partial charge in [-0.15, -0.1) is 5.10 Å². The number of halogens is 1. The molecule has 0 atom stereocenters. The van der Waals surface area contributed by atoms with Crippen LogP contribution in [0.15, 0.2) is 45.7 Å². The Morgan fingerprint density at radius 3 is 2.19 bits per heavy atom. The molecule has 1 N–H and O–H groups in total. The average molecular weight is 451 g/mol. The van der Waals surface area contributed by atoms with E-state index in [1.807, 2.05) is 0 Å². The van der Waals surface area contributed by atoms with Gasteiger partial charge in [-0.1, -0.05) is 5.10 Å². The van der Waals surface area contributed by atoms with E-state index in [-0.39, 0.29) is 16.8 Å². The number of aromatic nitrogens is 2. The molecule has 2 aromatic carbocycles. The molecule has 0 saturated heterocycles. The zero-order valence-corrected chi connectivity index (χ0v) is 17.5. The SMILES string of the molecule is COc1cc(-c2nnc(NC(=O)CS(=O)(=O)c3ccc(F)cc3)o2)cc(OC)c1OC. The standard InChI is InChI=1S/C19H18FN3O7S/c1-27-14-8-11(9-15(28-2)17(14)29-3)18-22-23-19(30-18)21-16(24)10-31(25,26)13-6-4-12(20)5-7-13/h4-9H,10H2,1-3H3,(H,21,23,24). The van der Waals surface area contributed by atoms with E-state index in [0.717, 1.165) is 24.3 Å². The van der Waals surface area contributed by atoms with Crippen LogP contribution in [0.1, 0.15) is 0 Å². The summed E-state index contributed by atoms with van der Waals surface area (Å²) in [5.41, 5.74) is 0.418.